The van der Waals surface area contributed by atoms with E-state index in [0.717, 1.165) is 37.7 Å². The number of hydrogen-bond donors (Lipinski definition) is 1. The molecular formula is C17H28N2O2. The third-order valence-electron chi connectivity index (χ3n) is 4.21. The molecule has 0 radical (unpaired) electrons. The summed E-state index contributed by atoms with van der Waals surface area (Å²) >= 11 is 0. The Balaban J connectivity index is 2.09. The van der Waals surface area contributed by atoms with E-state index in [1.165, 1.54) is 12.0 Å². The molecule has 1 aliphatic heterocycles. The molecule has 4 nitrogen and oxygen atoms in total. The standard InChI is InChI=1S/C17H28N2O2/c1-13(2)16-12-19(9-5-8-18-16)11-14-6-7-15(20-3)10-17(14)21-4/h6-7,10,13,16,18H,5,8-9,11-12H2,1-4H3. The summed E-state index contributed by atoms with van der Waals surface area (Å²) in [6.45, 7) is 8.83. The first-order valence-corrected chi connectivity index (χ1v) is 7.80. The second kappa shape index (κ2) is 7.66. The van der Waals surface area contributed by atoms with Gasteiger partial charge in [0.2, 0.25) is 0 Å². The highest BCUT2D eigenvalue weighted by Crippen LogP contribution is 2.26. The Kier molecular flexibility index (Phi) is 5.88. The van der Waals surface area contributed by atoms with Crippen LogP contribution in [-0.4, -0.2) is 44.8 Å². The zero-order valence-corrected chi connectivity index (χ0v) is 13.7. The summed E-state index contributed by atoms with van der Waals surface area (Å²) in [5.74, 6) is 2.41. The zero-order valence-electron chi connectivity index (χ0n) is 13.7. The molecule has 0 amide bonds. The lowest BCUT2D eigenvalue weighted by Gasteiger charge is -2.27. The van der Waals surface area contributed by atoms with Gasteiger partial charge in [0, 0.05) is 30.8 Å². The van der Waals surface area contributed by atoms with E-state index in [9.17, 15) is 0 Å². The molecule has 0 aliphatic carbocycles. The summed E-state index contributed by atoms with van der Waals surface area (Å²) < 4.78 is 10.8. The van der Waals surface area contributed by atoms with Gasteiger partial charge in [-0.15, -0.1) is 0 Å². The Morgan fingerprint density at radius 3 is 2.76 bits per heavy atom. The van der Waals surface area contributed by atoms with Crippen molar-refractivity contribution in [2.24, 2.45) is 5.92 Å². The first-order chi connectivity index (χ1) is 10.1. The molecule has 1 aliphatic rings. The summed E-state index contributed by atoms with van der Waals surface area (Å²) in [6, 6.07) is 6.65. The van der Waals surface area contributed by atoms with Gasteiger partial charge in [0.25, 0.3) is 0 Å². The maximum Gasteiger partial charge on any atom is 0.127 e. The Bertz CT molecular complexity index is 448. The summed E-state index contributed by atoms with van der Waals surface area (Å²) in [5.41, 5.74) is 1.22. The minimum atomic E-state index is 0.566. The van der Waals surface area contributed by atoms with Gasteiger partial charge in [-0.05, 0) is 31.5 Å². The van der Waals surface area contributed by atoms with E-state index >= 15 is 0 Å². The van der Waals surface area contributed by atoms with Gasteiger partial charge in [-0.3, -0.25) is 4.90 Å². The fourth-order valence-electron chi connectivity index (χ4n) is 2.84. The van der Waals surface area contributed by atoms with E-state index in [1.54, 1.807) is 14.2 Å². The van der Waals surface area contributed by atoms with Crippen molar-refractivity contribution in [1.29, 1.82) is 0 Å². The topological polar surface area (TPSA) is 33.7 Å². The predicted molar refractivity (Wildman–Crippen MR) is 86.1 cm³/mol. The largest absolute Gasteiger partial charge is 0.497 e. The second-order valence-electron chi connectivity index (χ2n) is 6.07. The first-order valence-electron chi connectivity index (χ1n) is 7.80. The molecule has 21 heavy (non-hydrogen) atoms. The monoisotopic (exact) mass is 292 g/mol. The van der Waals surface area contributed by atoms with Crippen LogP contribution in [0.1, 0.15) is 25.8 Å². The molecule has 1 unspecified atom stereocenters. The highest BCUT2D eigenvalue weighted by molar-refractivity contribution is 5.40. The van der Waals surface area contributed by atoms with Crippen molar-refractivity contribution in [3.63, 3.8) is 0 Å². The number of nitrogens with one attached hydrogen (secondary N) is 1. The molecule has 1 aromatic rings. The molecule has 4 heteroatoms. The average Bonchev–Trinajstić information content (AvgIpc) is 2.73. The number of nitrogens with zero attached hydrogens (tertiary/aromatic N) is 1. The second-order valence-corrected chi connectivity index (χ2v) is 6.07. The molecule has 0 bridgehead atoms. The maximum absolute atomic E-state index is 5.51. The molecule has 1 N–H and O–H groups in total. The van der Waals surface area contributed by atoms with Crippen LogP contribution in [0.3, 0.4) is 0 Å². The third kappa shape index (κ3) is 4.35. The molecule has 1 atom stereocenters. The molecule has 1 aromatic carbocycles. The van der Waals surface area contributed by atoms with Gasteiger partial charge in [-0.1, -0.05) is 19.9 Å². The van der Waals surface area contributed by atoms with Crippen LogP contribution in [0.5, 0.6) is 11.5 Å². The number of hydrogen-bond acceptors (Lipinski definition) is 4. The summed E-state index contributed by atoms with van der Waals surface area (Å²) in [4.78, 5) is 2.52. The Labute approximate surface area is 128 Å². The lowest BCUT2D eigenvalue weighted by atomic mass is 10.0. The molecule has 0 saturated carbocycles. The van der Waals surface area contributed by atoms with E-state index in [-0.39, 0.29) is 0 Å². The number of rotatable bonds is 5. The van der Waals surface area contributed by atoms with Crippen LogP contribution in [-0.2, 0) is 6.54 Å². The molecule has 2 rings (SSSR count). The normalized spacial score (nSPS) is 20.3. The third-order valence-corrected chi connectivity index (χ3v) is 4.21. The van der Waals surface area contributed by atoms with E-state index in [2.05, 4.69) is 30.1 Å². The van der Waals surface area contributed by atoms with E-state index in [0.29, 0.717) is 12.0 Å². The summed E-state index contributed by atoms with van der Waals surface area (Å²) in [5, 5.41) is 3.65. The number of methoxy groups -OCH3 is 2. The lowest BCUT2D eigenvalue weighted by Crippen LogP contribution is -2.41. The zero-order chi connectivity index (χ0) is 15.2. The van der Waals surface area contributed by atoms with Crippen molar-refractivity contribution in [3.8, 4) is 11.5 Å². The van der Waals surface area contributed by atoms with Crippen molar-refractivity contribution in [2.45, 2.75) is 32.9 Å². The summed E-state index contributed by atoms with van der Waals surface area (Å²) in [7, 11) is 3.40. The van der Waals surface area contributed by atoms with Crippen LogP contribution >= 0.6 is 0 Å². The van der Waals surface area contributed by atoms with Gasteiger partial charge in [-0.2, -0.15) is 0 Å². The van der Waals surface area contributed by atoms with Gasteiger partial charge in [-0.25, -0.2) is 0 Å². The quantitative estimate of drug-likeness (QED) is 0.904. The van der Waals surface area contributed by atoms with Crippen LogP contribution in [0.25, 0.3) is 0 Å². The predicted octanol–water partition coefficient (Wildman–Crippen LogP) is 2.52. The minimum Gasteiger partial charge on any atom is -0.497 e. The van der Waals surface area contributed by atoms with Gasteiger partial charge < -0.3 is 14.8 Å². The van der Waals surface area contributed by atoms with Gasteiger partial charge in [0.05, 0.1) is 14.2 Å². The SMILES string of the molecule is COc1ccc(CN2CCCNC(C(C)C)C2)c(OC)c1. The fraction of sp³-hybridized carbons (Fsp3) is 0.647. The van der Waals surface area contributed by atoms with Crippen molar-refractivity contribution < 1.29 is 9.47 Å². The van der Waals surface area contributed by atoms with Crippen LogP contribution in [0.2, 0.25) is 0 Å². The molecule has 1 saturated heterocycles. The van der Waals surface area contributed by atoms with Crippen molar-refractivity contribution in [1.82, 2.24) is 10.2 Å². The van der Waals surface area contributed by atoms with Crippen LogP contribution in [0.15, 0.2) is 18.2 Å². The Morgan fingerprint density at radius 1 is 1.29 bits per heavy atom. The van der Waals surface area contributed by atoms with E-state index in [4.69, 9.17) is 9.47 Å². The Hall–Kier alpha value is -1.26. The molecule has 118 valence electrons. The molecular weight excluding hydrogens is 264 g/mol. The van der Waals surface area contributed by atoms with Crippen molar-refractivity contribution in [2.75, 3.05) is 33.9 Å². The average molecular weight is 292 g/mol. The number of benzene rings is 1. The minimum absolute atomic E-state index is 0.566. The van der Waals surface area contributed by atoms with Crippen molar-refractivity contribution >= 4 is 0 Å². The highest BCUT2D eigenvalue weighted by atomic mass is 16.5. The molecule has 1 fully saturated rings. The Morgan fingerprint density at radius 2 is 2.10 bits per heavy atom. The van der Waals surface area contributed by atoms with Gasteiger partial charge >= 0.3 is 0 Å². The molecule has 1 heterocycles. The highest BCUT2D eigenvalue weighted by Gasteiger charge is 2.21. The molecule has 0 spiro atoms. The van der Waals surface area contributed by atoms with Crippen molar-refractivity contribution in [3.05, 3.63) is 23.8 Å². The van der Waals surface area contributed by atoms with Gasteiger partial charge in [0.15, 0.2) is 0 Å². The van der Waals surface area contributed by atoms with E-state index in [1.807, 2.05) is 12.1 Å². The fourth-order valence-corrected chi connectivity index (χ4v) is 2.84. The van der Waals surface area contributed by atoms with Crippen LogP contribution in [0.4, 0.5) is 0 Å². The first kappa shape index (κ1) is 16.1. The van der Waals surface area contributed by atoms with Gasteiger partial charge in [0.1, 0.15) is 11.5 Å². The van der Waals surface area contributed by atoms with E-state index < -0.39 is 0 Å². The molecule has 0 aromatic heterocycles. The smallest absolute Gasteiger partial charge is 0.127 e. The van der Waals surface area contributed by atoms with Crippen LogP contribution in [0, 0.1) is 5.92 Å². The number of ether oxygens (including phenoxy) is 2. The van der Waals surface area contributed by atoms with Crippen LogP contribution < -0.4 is 14.8 Å². The summed E-state index contributed by atoms with van der Waals surface area (Å²) in [6.07, 6.45) is 1.20. The maximum atomic E-state index is 5.51. The lowest BCUT2D eigenvalue weighted by molar-refractivity contribution is 0.235.